The number of ether oxygens (including phenoxy) is 4. The molecule has 9 nitrogen and oxygen atoms in total. The first-order valence-electron chi connectivity index (χ1n) is 11.7. The number of nitrogens with two attached hydrogens (primary N) is 1. The van der Waals surface area contributed by atoms with Crippen LogP contribution in [0.3, 0.4) is 0 Å². The minimum atomic E-state index is -1.18. The second-order valence-electron chi connectivity index (χ2n) is 8.09. The van der Waals surface area contributed by atoms with Gasteiger partial charge in [0.1, 0.15) is 37.7 Å². The molecule has 0 unspecified atom stereocenters. The van der Waals surface area contributed by atoms with Gasteiger partial charge in [-0.05, 0) is 16.7 Å². The summed E-state index contributed by atoms with van der Waals surface area (Å²) in [6.45, 7) is -0.0273. The Morgan fingerprint density at radius 2 is 1.22 bits per heavy atom. The van der Waals surface area contributed by atoms with Crippen molar-refractivity contribution in [1.29, 1.82) is 0 Å². The number of benzene rings is 3. The van der Waals surface area contributed by atoms with Gasteiger partial charge >= 0.3 is 12.2 Å². The molecule has 3 rings (SSSR count). The Balaban J connectivity index is 1.76. The van der Waals surface area contributed by atoms with E-state index in [4.69, 9.17) is 24.7 Å². The fourth-order valence-electron chi connectivity index (χ4n) is 3.48. The summed E-state index contributed by atoms with van der Waals surface area (Å²) in [7, 11) is 0. The van der Waals surface area contributed by atoms with Crippen LogP contribution in [0.25, 0.3) is 0 Å². The van der Waals surface area contributed by atoms with Crippen LogP contribution in [0.1, 0.15) is 16.7 Å². The number of amides is 2. The quantitative estimate of drug-likeness (QED) is 0.319. The minimum Gasteiger partial charge on any atom is -0.447 e. The van der Waals surface area contributed by atoms with E-state index in [9.17, 15) is 14.4 Å². The highest BCUT2D eigenvalue weighted by Gasteiger charge is 2.34. The van der Waals surface area contributed by atoms with Gasteiger partial charge in [-0.15, -0.1) is 0 Å². The number of nitrogens with one attached hydrogen (secondary N) is 1. The van der Waals surface area contributed by atoms with E-state index in [1.807, 2.05) is 91.0 Å². The number of carbonyl (C=O) groups is 3. The molecule has 0 aromatic heterocycles. The maximum absolute atomic E-state index is 12.5. The summed E-state index contributed by atoms with van der Waals surface area (Å²) in [6.07, 6.45) is -3.27. The summed E-state index contributed by atoms with van der Waals surface area (Å²) in [4.78, 5) is 36.0. The van der Waals surface area contributed by atoms with Crippen molar-refractivity contribution in [3.05, 3.63) is 108 Å². The van der Waals surface area contributed by atoms with Gasteiger partial charge in [0.05, 0.1) is 13.2 Å². The van der Waals surface area contributed by atoms with Gasteiger partial charge in [0, 0.05) is 0 Å². The third-order valence-electron chi connectivity index (χ3n) is 5.35. The fraction of sp³-hybridized carbons (Fsp3) is 0.250. The van der Waals surface area contributed by atoms with Crippen LogP contribution in [0.4, 0.5) is 9.59 Å². The lowest BCUT2D eigenvalue weighted by atomic mass is 10.1. The zero-order chi connectivity index (χ0) is 26.3. The van der Waals surface area contributed by atoms with Gasteiger partial charge in [0.15, 0.2) is 0 Å². The molecule has 0 heterocycles. The minimum absolute atomic E-state index is 0.0203. The Bertz CT molecular complexity index is 1100. The van der Waals surface area contributed by atoms with Gasteiger partial charge in [0.25, 0.3) is 0 Å². The van der Waals surface area contributed by atoms with E-state index in [1.165, 1.54) is 0 Å². The second kappa shape index (κ2) is 15.0. The van der Waals surface area contributed by atoms with Crippen molar-refractivity contribution in [1.82, 2.24) is 5.32 Å². The average Bonchev–Trinajstić information content (AvgIpc) is 2.93. The summed E-state index contributed by atoms with van der Waals surface area (Å²) in [6, 6.07) is 26.5. The van der Waals surface area contributed by atoms with Crippen molar-refractivity contribution in [3.63, 3.8) is 0 Å². The van der Waals surface area contributed by atoms with Gasteiger partial charge in [0.2, 0.25) is 0 Å². The molecule has 0 spiro atoms. The van der Waals surface area contributed by atoms with Gasteiger partial charge in [-0.3, -0.25) is 0 Å². The highest BCUT2D eigenvalue weighted by Crippen LogP contribution is 2.16. The number of alkyl carbamates (subject to hydrolysis) is 1. The van der Waals surface area contributed by atoms with E-state index in [1.54, 1.807) is 0 Å². The molecule has 3 N–H and O–H groups in total. The van der Waals surface area contributed by atoms with Crippen LogP contribution >= 0.6 is 0 Å². The van der Waals surface area contributed by atoms with Crippen molar-refractivity contribution >= 4 is 18.5 Å². The molecule has 0 saturated carbocycles. The second-order valence-corrected chi connectivity index (χ2v) is 8.09. The zero-order valence-corrected chi connectivity index (χ0v) is 20.2. The summed E-state index contributed by atoms with van der Waals surface area (Å²) in [5, 5.41) is 2.53. The van der Waals surface area contributed by atoms with E-state index >= 15 is 0 Å². The van der Waals surface area contributed by atoms with E-state index in [2.05, 4.69) is 5.32 Å². The van der Waals surface area contributed by atoms with Crippen LogP contribution in [0.2, 0.25) is 0 Å². The topological polar surface area (TPSA) is 126 Å². The number of primary amides is 1. The van der Waals surface area contributed by atoms with Crippen LogP contribution in [0.5, 0.6) is 0 Å². The third-order valence-corrected chi connectivity index (χ3v) is 5.35. The average molecular weight is 507 g/mol. The van der Waals surface area contributed by atoms with Crippen LogP contribution in [-0.2, 0) is 43.6 Å². The molecule has 0 aliphatic rings. The molecule has 9 heteroatoms. The van der Waals surface area contributed by atoms with E-state index in [0.29, 0.717) is 6.29 Å². The molecule has 0 bridgehead atoms. The summed E-state index contributed by atoms with van der Waals surface area (Å²) < 4.78 is 22.4. The first kappa shape index (κ1) is 27.4. The third kappa shape index (κ3) is 9.75. The molecule has 37 heavy (non-hydrogen) atoms. The normalized spacial score (nSPS) is 13.1. The number of hydrogen-bond donors (Lipinski definition) is 2. The lowest BCUT2D eigenvalue weighted by Crippen LogP contribution is -2.53. The molecule has 2 amide bonds. The van der Waals surface area contributed by atoms with Gasteiger partial charge in [-0.25, -0.2) is 9.59 Å². The number of hydrogen-bond acceptors (Lipinski definition) is 7. The largest absolute Gasteiger partial charge is 0.447 e. The Hall–Kier alpha value is -4.21. The predicted octanol–water partition coefficient (Wildman–Crippen LogP) is 3.75. The predicted molar refractivity (Wildman–Crippen MR) is 135 cm³/mol. The van der Waals surface area contributed by atoms with Crippen molar-refractivity contribution in [2.45, 2.75) is 38.1 Å². The van der Waals surface area contributed by atoms with Crippen molar-refractivity contribution < 1.29 is 33.3 Å². The summed E-state index contributed by atoms with van der Waals surface area (Å²) in [5.74, 6) is 0. The fourth-order valence-corrected chi connectivity index (χ4v) is 3.48. The lowest BCUT2D eigenvalue weighted by molar-refractivity contribution is -0.131. The maximum Gasteiger partial charge on any atom is 0.408 e. The molecule has 0 saturated heterocycles. The Morgan fingerprint density at radius 1 is 0.730 bits per heavy atom. The zero-order valence-electron chi connectivity index (χ0n) is 20.2. The molecular weight excluding hydrogens is 476 g/mol. The summed E-state index contributed by atoms with van der Waals surface area (Å²) in [5.41, 5.74) is 7.66. The SMILES string of the molecule is NC(=O)OC[C@H](OCc1ccccc1)[C@@H](OCc1ccccc1)[C@@H](C=O)NC(=O)OCc1ccccc1. The Morgan fingerprint density at radius 3 is 1.70 bits per heavy atom. The van der Waals surface area contributed by atoms with Crippen molar-refractivity contribution in [2.75, 3.05) is 6.61 Å². The number of aldehydes is 1. The lowest BCUT2D eigenvalue weighted by Gasteiger charge is -2.31. The number of carbonyl (C=O) groups excluding carboxylic acids is 3. The smallest absolute Gasteiger partial charge is 0.408 e. The molecule has 3 atom stereocenters. The van der Waals surface area contributed by atoms with Gasteiger partial charge in [-0.2, -0.15) is 0 Å². The summed E-state index contributed by atoms with van der Waals surface area (Å²) >= 11 is 0. The monoisotopic (exact) mass is 506 g/mol. The van der Waals surface area contributed by atoms with Crippen LogP contribution in [0.15, 0.2) is 91.0 Å². The first-order valence-corrected chi connectivity index (χ1v) is 11.7. The molecule has 194 valence electrons. The van der Waals surface area contributed by atoms with E-state index in [0.717, 1.165) is 16.7 Å². The van der Waals surface area contributed by atoms with Crippen LogP contribution in [0, 0.1) is 0 Å². The molecular formula is C28H30N2O7. The Labute approximate surface area is 215 Å². The highest BCUT2D eigenvalue weighted by molar-refractivity contribution is 5.73. The molecule has 0 fully saturated rings. The van der Waals surface area contributed by atoms with E-state index < -0.39 is 30.4 Å². The van der Waals surface area contributed by atoms with E-state index in [-0.39, 0.29) is 26.4 Å². The van der Waals surface area contributed by atoms with Gasteiger partial charge < -0.3 is 34.8 Å². The van der Waals surface area contributed by atoms with Crippen molar-refractivity contribution in [3.8, 4) is 0 Å². The highest BCUT2D eigenvalue weighted by atomic mass is 16.6. The Kier molecular flexibility index (Phi) is 11.1. The van der Waals surface area contributed by atoms with Crippen molar-refractivity contribution in [2.24, 2.45) is 5.73 Å². The molecule has 3 aromatic rings. The molecule has 0 radical (unpaired) electrons. The van der Waals surface area contributed by atoms with Crippen LogP contribution in [-0.4, -0.2) is 43.3 Å². The molecule has 0 aliphatic carbocycles. The maximum atomic E-state index is 12.5. The number of rotatable bonds is 14. The standard InChI is InChI=1S/C28H30N2O7/c29-27(32)36-20-25(34-17-21-10-4-1-5-11-21)26(35-18-22-12-6-2-7-13-22)24(16-31)30-28(33)37-19-23-14-8-3-9-15-23/h1-16,24-26H,17-20H2,(H2,29,32)(H,30,33)/t24-,25+,26+/m1/s1. The van der Waals surface area contributed by atoms with Crippen LogP contribution < -0.4 is 11.1 Å². The molecule has 0 aliphatic heterocycles. The molecule has 3 aromatic carbocycles. The van der Waals surface area contributed by atoms with Gasteiger partial charge in [-0.1, -0.05) is 91.0 Å². The first-order chi connectivity index (χ1) is 18.0.